The summed E-state index contributed by atoms with van der Waals surface area (Å²) in [5, 5.41) is 1.42. The molecule has 0 saturated heterocycles. The molecule has 3 rings (SSSR count). The molecule has 1 atom stereocenters. The Bertz CT molecular complexity index is 777. The van der Waals surface area contributed by atoms with Gasteiger partial charge in [0.15, 0.2) is 0 Å². The lowest BCUT2D eigenvalue weighted by Crippen LogP contribution is -2.26. The van der Waals surface area contributed by atoms with Crippen LogP contribution in [0.4, 0.5) is 0 Å². The molecule has 0 fully saturated rings. The van der Waals surface area contributed by atoms with Crippen LogP contribution >= 0.6 is 0 Å². The van der Waals surface area contributed by atoms with E-state index in [-0.39, 0.29) is 0 Å². The van der Waals surface area contributed by atoms with Gasteiger partial charge in [-0.3, -0.25) is 0 Å². The van der Waals surface area contributed by atoms with Gasteiger partial charge in [-0.05, 0) is 51.4 Å². The summed E-state index contributed by atoms with van der Waals surface area (Å²) in [7, 11) is 2.21. The van der Waals surface area contributed by atoms with E-state index in [0.717, 1.165) is 19.5 Å². The lowest BCUT2D eigenvalue weighted by molar-refractivity contribution is 0.312. The van der Waals surface area contributed by atoms with E-state index < -0.39 is 0 Å². The van der Waals surface area contributed by atoms with Crippen molar-refractivity contribution in [2.75, 3.05) is 13.6 Å². The highest BCUT2D eigenvalue weighted by molar-refractivity contribution is 5.88. The number of benzene rings is 1. The lowest BCUT2D eigenvalue weighted by Gasteiger charge is -2.23. The molecule has 1 aromatic carbocycles. The van der Waals surface area contributed by atoms with Crippen molar-refractivity contribution in [2.45, 2.75) is 54.5 Å². The van der Waals surface area contributed by atoms with Crippen LogP contribution in [0.1, 0.15) is 51.4 Å². The van der Waals surface area contributed by atoms with Crippen molar-refractivity contribution in [3.05, 3.63) is 65.9 Å². The Balaban J connectivity index is 0.000000665. The van der Waals surface area contributed by atoms with Crippen molar-refractivity contribution in [1.82, 2.24) is 9.47 Å². The van der Waals surface area contributed by atoms with Crippen LogP contribution in [0.25, 0.3) is 17.1 Å². The van der Waals surface area contributed by atoms with Gasteiger partial charge in [0.05, 0.1) is 5.52 Å². The van der Waals surface area contributed by atoms with E-state index >= 15 is 0 Å². The number of likely N-dealkylation sites (N-methyl/N-ethyl adjacent to an activating group) is 1. The first-order chi connectivity index (χ1) is 13.0. The molecular weight excluding hydrogens is 328 g/mol. The highest BCUT2D eigenvalue weighted by Crippen LogP contribution is 2.31. The summed E-state index contributed by atoms with van der Waals surface area (Å²) in [6.45, 7) is 17.9. The third kappa shape index (κ3) is 5.97. The van der Waals surface area contributed by atoms with Crippen LogP contribution in [-0.2, 0) is 13.0 Å². The van der Waals surface area contributed by atoms with Crippen LogP contribution in [0.15, 0.2) is 49.1 Å². The fraction of sp³-hybridized carbons (Fsp3) is 0.440. The minimum absolute atomic E-state index is 0.467. The van der Waals surface area contributed by atoms with Crippen molar-refractivity contribution in [3.63, 3.8) is 0 Å². The summed E-state index contributed by atoms with van der Waals surface area (Å²) >= 11 is 0. The number of fused-ring (bicyclic) bond motifs is 3. The second-order valence-corrected chi connectivity index (χ2v) is 6.94. The number of allylic oxidation sites excluding steroid dienone is 4. The number of aryl methyl sites for hydroxylation is 1. The molecule has 0 radical (unpaired) electrons. The molecule has 0 aliphatic carbocycles. The molecule has 1 aromatic heterocycles. The molecule has 0 spiro atoms. The highest BCUT2D eigenvalue weighted by atomic mass is 15.1. The molecule has 2 heterocycles. The van der Waals surface area contributed by atoms with Gasteiger partial charge in [-0.1, -0.05) is 56.7 Å². The molecule has 1 unspecified atom stereocenters. The fourth-order valence-electron chi connectivity index (χ4n) is 3.40. The van der Waals surface area contributed by atoms with Crippen LogP contribution < -0.4 is 0 Å². The van der Waals surface area contributed by atoms with E-state index in [2.05, 4.69) is 86.5 Å². The van der Waals surface area contributed by atoms with E-state index in [1.807, 2.05) is 20.8 Å². The zero-order valence-corrected chi connectivity index (χ0v) is 18.4. The maximum atomic E-state index is 3.36. The molecule has 27 heavy (non-hydrogen) atoms. The average molecular weight is 367 g/mol. The van der Waals surface area contributed by atoms with Gasteiger partial charge < -0.3 is 9.47 Å². The van der Waals surface area contributed by atoms with Crippen LogP contribution in [0.5, 0.6) is 0 Å². The van der Waals surface area contributed by atoms with Crippen molar-refractivity contribution < 1.29 is 0 Å². The van der Waals surface area contributed by atoms with Crippen LogP contribution in [-0.4, -0.2) is 23.1 Å². The van der Waals surface area contributed by atoms with E-state index in [9.17, 15) is 0 Å². The summed E-state index contributed by atoms with van der Waals surface area (Å²) in [5.41, 5.74) is 5.68. The van der Waals surface area contributed by atoms with E-state index in [1.165, 1.54) is 27.7 Å². The Morgan fingerprint density at radius 2 is 1.81 bits per heavy atom. The number of nitrogens with zero attached hydrogens (tertiary/aromatic N) is 2. The monoisotopic (exact) mass is 366 g/mol. The third-order valence-corrected chi connectivity index (χ3v) is 4.57. The first-order valence-electron chi connectivity index (χ1n) is 10.2. The van der Waals surface area contributed by atoms with Gasteiger partial charge in [0, 0.05) is 36.8 Å². The molecule has 2 nitrogen and oxygen atoms in total. The summed E-state index contributed by atoms with van der Waals surface area (Å²) in [6, 6.07) is 6.83. The topological polar surface area (TPSA) is 8.17 Å². The summed E-state index contributed by atoms with van der Waals surface area (Å²) < 4.78 is 2.41. The minimum atomic E-state index is 0.467. The lowest BCUT2D eigenvalue weighted by atomic mass is 10.0. The quantitative estimate of drug-likeness (QED) is 0.540. The van der Waals surface area contributed by atoms with Gasteiger partial charge in [-0.25, -0.2) is 0 Å². The zero-order chi connectivity index (χ0) is 20.4. The number of aromatic nitrogens is 1. The SMILES string of the molecule is C/C=C\C(C)/C=C/n1c2c(c3cc(C)ccc31)CN(C)CC2.C=CC.CC. The maximum Gasteiger partial charge on any atom is 0.0528 e. The Labute approximate surface area is 166 Å². The molecule has 0 amide bonds. The zero-order valence-electron chi connectivity index (χ0n) is 18.4. The summed E-state index contributed by atoms with van der Waals surface area (Å²) in [5.74, 6) is 0.467. The predicted octanol–water partition coefficient (Wildman–Crippen LogP) is 6.84. The molecule has 0 N–H and O–H groups in total. The third-order valence-electron chi connectivity index (χ3n) is 4.57. The van der Waals surface area contributed by atoms with Crippen LogP contribution in [0.2, 0.25) is 0 Å². The van der Waals surface area contributed by atoms with E-state index in [0.29, 0.717) is 5.92 Å². The van der Waals surface area contributed by atoms with Crippen molar-refractivity contribution in [3.8, 4) is 0 Å². The first kappa shape index (κ1) is 23.0. The minimum Gasteiger partial charge on any atom is -0.320 e. The standard InChI is InChI=1S/C20H26N2.C3H6.C2H6/c1-5-6-15(2)9-12-22-19-8-7-16(3)13-17(19)18-14-21(4)11-10-20(18)22;1-3-2;1-2/h5-9,12-13,15H,10-11,14H2,1-4H3;3H,1H2,2H3;1-2H3/b6-5-,12-9+;;. The fourth-order valence-corrected chi connectivity index (χ4v) is 3.40. The Kier molecular flexibility index (Phi) is 9.88. The molecule has 2 aromatic rings. The predicted molar refractivity (Wildman–Crippen MR) is 123 cm³/mol. The van der Waals surface area contributed by atoms with Crippen molar-refractivity contribution in [2.24, 2.45) is 5.92 Å². The highest BCUT2D eigenvalue weighted by Gasteiger charge is 2.21. The first-order valence-corrected chi connectivity index (χ1v) is 10.2. The van der Waals surface area contributed by atoms with Gasteiger partial charge in [0.25, 0.3) is 0 Å². The average Bonchev–Trinajstić information content (AvgIpc) is 2.95. The number of hydrogen-bond acceptors (Lipinski definition) is 1. The molecular formula is C25H38N2. The van der Waals surface area contributed by atoms with Crippen molar-refractivity contribution >= 4 is 17.1 Å². The van der Waals surface area contributed by atoms with E-state index in [4.69, 9.17) is 0 Å². The molecule has 148 valence electrons. The summed E-state index contributed by atoms with van der Waals surface area (Å²) in [6.07, 6.45) is 11.8. The molecule has 0 saturated carbocycles. The van der Waals surface area contributed by atoms with Crippen LogP contribution in [0.3, 0.4) is 0 Å². The largest absolute Gasteiger partial charge is 0.320 e. The Hall–Kier alpha value is -2.06. The normalized spacial score (nSPS) is 15.1. The Morgan fingerprint density at radius 1 is 1.15 bits per heavy atom. The number of rotatable bonds is 3. The maximum absolute atomic E-state index is 3.36. The molecule has 1 aliphatic heterocycles. The second-order valence-electron chi connectivity index (χ2n) is 6.94. The van der Waals surface area contributed by atoms with Crippen molar-refractivity contribution in [1.29, 1.82) is 0 Å². The molecule has 2 heteroatoms. The van der Waals surface area contributed by atoms with Crippen LogP contribution in [0, 0.1) is 12.8 Å². The van der Waals surface area contributed by atoms with E-state index in [1.54, 1.807) is 6.08 Å². The number of hydrogen-bond donors (Lipinski definition) is 0. The van der Waals surface area contributed by atoms with Gasteiger partial charge in [-0.2, -0.15) is 0 Å². The molecule has 0 bridgehead atoms. The van der Waals surface area contributed by atoms with Gasteiger partial charge in [0.2, 0.25) is 0 Å². The van der Waals surface area contributed by atoms with Gasteiger partial charge in [-0.15, -0.1) is 6.58 Å². The van der Waals surface area contributed by atoms with Gasteiger partial charge >= 0.3 is 0 Å². The smallest absolute Gasteiger partial charge is 0.0528 e. The Morgan fingerprint density at radius 3 is 2.44 bits per heavy atom. The molecule has 1 aliphatic rings. The summed E-state index contributed by atoms with van der Waals surface area (Å²) in [4.78, 5) is 2.42. The van der Waals surface area contributed by atoms with Gasteiger partial charge in [0.1, 0.15) is 0 Å². The second kappa shape index (κ2) is 11.6.